The number of nitrogens with two attached hydrogens (primary N) is 1. The third kappa shape index (κ3) is 12.3. The van der Waals surface area contributed by atoms with Gasteiger partial charge in [-0.25, -0.2) is 28.1 Å². The van der Waals surface area contributed by atoms with Gasteiger partial charge in [0, 0.05) is 12.6 Å². The SMILES string of the molecule is NS(=O)(=O)c1ccc(CCNCc2ccc(Oc3ccc4[nH]cnc4c3)cc2)cc1.O=C(O)C(F)(F)F.O=C(O)C(F)(F)F. The zero-order valence-electron chi connectivity index (χ0n) is 22.2. The van der Waals surface area contributed by atoms with E-state index in [0.717, 1.165) is 53.2 Å². The zero-order valence-corrected chi connectivity index (χ0v) is 23.0. The van der Waals surface area contributed by atoms with E-state index in [0.29, 0.717) is 0 Å². The Hall–Kier alpha value is -4.68. The molecule has 0 aliphatic heterocycles. The van der Waals surface area contributed by atoms with Gasteiger partial charge in [-0.3, -0.25) is 0 Å². The molecule has 0 radical (unpaired) electrons. The molecule has 0 spiro atoms. The summed E-state index contributed by atoms with van der Waals surface area (Å²) >= 11 is 0. The first-order valence-electron chi connectivity index (χ1n) is 12.0. The van der Waals surface area contributed by atoms with E-state index in [1.165, 1.54) is 12.1 Å². The number of hydrogen-bond acceptors (Lipinski definition) is 7. The van der Waals surface area contributed by atoms with Crippen molar-refractivity contribution >= 4 is 33.0 Å². The third-order valence-corrected chi connectivity index (χ3v) is 6.14. The molecule has 1 aromatic heterocycles. The Bertz CT molecular complexity index is 1620. The first-order chi connectivity index (χ1) is 20.4. The number of carbonyl (C=O) groups is 2. The van der Waals surface area contributed by atoms with Crippen LogP contribution in [-0.4, -0.2) is 59.4 Å². The number of hydrogen-bond donors (Lipinski definition) is 5. The average Bonchev–Trinajstić information content (AvgIpc) is 3.39. The number of H-pyrrole nitrogens is 1. The summed E-state index contributed by atoms with van der Waals surface area (Å²) in [6.45, 7) is 1.51. The summed E-state index contributed by atoms with van der Waals surface area (Å²) in [7, 11) is -3.64. The number of rotatable bonds is 8. The van der Waals surface area contributed by atoms with Gasteiger partial charge in [0.25, 0.3) is 0 Å². The molecular weight excluding hydrogens is 626 g/mol. The molecule has 4 aromatic rings. The number of ether oxygens (including phenoxy) is 1. The number of aliphatic carboxylic acids is 2. The number of sulfonamides is 1. The van der Waals surface area contributed by atoms with Crippen LogP contribution >= 0.6 is 0 Å². The fraction of sp³-hybridized carbons (Fsp3) is 0.192. The van der Waals surface area contributed by atoms with Crippen LogP contribution in [0.5, 0.6) is 11.5 Å². The molecule has 238 valence electrons. The largest absolute Gasteiger partial charge is 0.490 e. The van der Waals surface area contributed by atoms with E-state index in [9.17, 15) is 34.8 Å². The first kappa shape index (κ1) is 35.5. The molecule has 6 N–H and O–H groups in total. The maximum absolute atomic E-state index is 11.3. The predicted molar refractivity (Wildman–Crippen MR) is 143 cm³/mol. The van der Waals surface area contributed by atoms with Crippen molar-refractivity contribution in [2.45, 2.75) is 30.2 Å². The van der Waals surface area contributed by atoms with Crippen molar-refractivity contribution in [2.75, 3.05) is 6.54 Å². The molecule has 0 atom stereocenters. The molecule has 0 bridgehead atoms. The molecule has 1 heterocycles. The van der Waals surface area contributed by atoms with Gasteiger partial charge < -0.3 is 25.3 Å². The fourth-order valence-electron chi connectivity index (χ4n) is 3.10. The smallest absolute Gasteiger partial charge is 0.475 e. The maximum Gasteiger partial charge on any atom is 0.490 e. The number of alkyl halides is 6. The van der Waals surface area contributed by atoms with E-state index in [1.54, 1.807) is 18.5 Å². The second-order valence-electron chi connectivity index (χ2n) is 8.55. The monoisotopic (exact) mass is 650 g/mol. The van der Waals surface area contributed by atoms with Gasteiger partial charge in [-0.1, -0.05) is 24.3 Å². The summed E-state index contributed by atoms with van der Waals surface area (Å²) in [5.41, 5.74) is 4.04. The van der Waals surface area contributed by atoms with Crippen molar-refractivity contribution in [1.82, 2.24) is 15.3 Å². The topological polar surface area (TPSA) is 185 Å². The average molecular weight is 651 g/mol. The van der Waals surface area contributed by atoms with Gasteiger partial charge in [-0.05, 0) is 60.5 Å². The number of carboxylic acids is 2. The summed E-state index contributed by atoms with van der Waals surface area (Å²) in [5, 5.41) is 22.7. The molecule has 0 aliphatic rings. The lowest BCUT2D eigenvalue weighted by atomic mass is 10.1. The molecular formula is C26H24F6N4O7S. The number of nitrogens with zero attached hydrogens (tertiary/aromatic N) is 1. The van der Waals surface area contributed by atoms with Crippen molar-refractivity contribution in [3.05, 3.63) is 84.2 Å². The predicted octanol–water partition coefficient (Wildman–Crippen LogP) is 4.60. The molecule has 0 fully saturated rings. The second kappa shape index (κ2) is 15.2. The molecule has 44 heavy (non-hydrogen) atoms. The van der Waals surface area contributed by atoms with Gasteiger partial charge in [0.2, 0.25) is 10.0 Å². The van der Waals surface area contributed by atoms with E-state index in [4.69, 9.17) is 29.7 Å². The summed E-state index contributed by atoms with van der Waals surface area (Å²) in [5.74, 6) is -4.00. The van der Waals surface area contributed by atoms with Crippen molar-refractivity contribution in [3.8, 4) is 11.5 Å². The number of nitrogens with one attached hydrogen (secondary N) is 2. The van der Waals surface area contributed by atoms with E-state index < -0.39 is 34.3 Å². The number of primary sulfonamides is 1. The van der Waals surface area contributed by atoms with Crippen molar-refractivity contribution in [3.63, 3.8) is 0 Å². The number of benzene rings is 3. The minimum Gasteiger partial charge on any atom is -0.475 e. The molecule has 0 saturated heterocycles. The van der Waals surface area contributed by atoms with Crippen molar-refractivity contribution in [1.29, 1.82) is 0 Å². The maximum atomic E-state index is 11.3. The molecule has 11 nitrogen and oxygen atoms in total. The Morgan fingerprint density at radius 1 is 0.841 bits per heavy atom. The number of aromatic amines is 1. The highest BCUT2D eigenvalue weighted by molar-refractivity contribution is 7.89. The van der Waals surface area contributed by atoms with E-state index in [2.05, 4.69) is 15.3 Å². The molecule has 0 aliphatic carbocycles. The Kier molecular flexibility index (Phi) is 12.2. The molecule has 0 unspecified atom stereocenters. The third-order valence-electron chi connectivity index (χ3n) is 5.21. The highest BCUT2D eigenvalue weighted by atomic mass is 32.2. The van der Waals surface area contributed by atoms with Crippen molar-refractivity contribution < 1.29 is 59.3 Å². The van der Waals surface area contributed by atoms with Gasteiger partial charge >= 0.3 is 24.3 Å². The fourth-order valence-corrected chi connectivity index (χ4v) is 3.61. The molecule has 18 heteroatoms. The summed E-state index contributed by atoms with van der Waals surface area (Å²) in [4.78, 5) is 25.2. The first-order valence-corrected chi connectivity index (χ1v) is 13.5. The second-order valence-corrected chi connectivity index (χ2v) is 10.1. The van der Waals surface area contributed by atoms with E-state index in [1.807, 2.05) is 42.5 Å². The van der Waals surface area contributed by atoms with Gasteiger partial charge in [-0.15, -0.1) is 0 Å². The van der Waals surface area contributed by atoms with Crippen LogP contribution in [0.4, 0.5) is 26.3 Å². The van der Waals surface area contributed by atoms with Crippen LogP contribution < -0.4 is 15.2 Å². The van der Waals surface area contributed by atoms with Gasteiger partial charge in [-0.2, -0.15) is 26.3 Å². The minimum atomic E-state index is -5.08. The van der Waals surface area contributed by atoms with Crippen LogP contribution in [0.3, 0.4) is 0 Å². The number of halogens is 6. The van der Waals surface area contributed by atoms with Crippen molar-refractivity contribution in [2.24, 2.45) is 5.14 Å². The van der Waals surface area contributed by atoms with Gasteiger partial charge in [0.05, 0.1) is 22.3 Å². The summed E-state index contributed by atoms with van der Waals surface area (Å²) in [6, 6.07) is 20.3. The van der Waals surface area contributed by atoms with Gasteiger partial charge in [0.15, 0.2) is 0 Å². The van der Waals surface area contributed by atoms with Crippen LogP contribution in [0.25, 0.3) is 11.0 Å². The molecule has 4 rings (SSSR count). The zero-order chi connectivity index (χ0) is 33.1. The number of aromatic nitrogens is 2. The quantitative estimate of drug-likeness (QED) is 0.134. The lowest BCUT2D eigenvalue weighted by Crippen LogP contribution is -2.21. The molecule has 0 saturated carbocycles. The highest BCUT2D eigenvalue weighted by Gasteiger charge is 2.38. The van der Waals surface area contributed by atoms with Crippen LogP contribution in [0.15, 0.2) is 78.0 Å². The Morgan fingerprint density at radius 3 is 1.84 bits per heavy atom. The lowest BCUT2D eigenvalue weighted by molar-refractivity contribution is -0.193. The number of imidazole rings is 1. The number of carboxylic acid groups (broad SMARTS) is 2. The molecule has 0 amide bonds. The Labute approximate surface area is 245 Å². The highest BCUT2D eigenvalue weighted by Crippen LogP contribution is 2.24. The van der Waals surface area contributed by atoms with Crippen LogP contribution in [-0.2, 0) is 32.6 Å². The van der Waals surface area contributed by atoms with Crippen LogP contribution in [0.1, 0.15) is 11.1 Å². The normalized spacial score (nSPS) is 11.5. The van der Waals surface area contributed by atoms with E-state index >= 15 is 0 Å². The standard InChI is InChI=1S/C22H22N4O3S.2C2HF3O2/c23-30(27,28)20-8-3-16(4-9-20)11-12-24-14-17-1-5-18(6-2-17)29-19-7-10-21-22(13-19)26-15-25-21;2*3-2(4,5)1(6)7/h1-10,13,15,24H,11-12,14H2,(H,25,26)(H2,23,27,28);2*(H,6,7). The summed E-state index contributed by atoms with van der Waals surface area (Å²) in [6.07, 6.45) is -7.71. The van der Waals surface area contributed by atoms with Gasteiger partial charge in [0.1, 0.15) is 11.5 Å². The molecule has 3 aromatic carbocycles. The Balaban J connectivity index is 0.000000402. The van der Waals surface area contributed by atoms with Crippen LogP contribution in [0.2, 0.25) is 0 Å². The van der Waals surface area contributed by atoms with E-state index in [-0.39, 0.29) is 4.90 Å². The number of fused-ring (bicyclic) bond motifs is 1. The minimum absolute atomic E-state index is 0.130. The van der Waals surface area contributed by atoms with Crippen LogP contribution in [0, 0.1) is 0 Å². The summed E-state index contributed by atoms with van der Waals surface area (Å²) < 4.78 is 91.9. The lowest BCUT2D eigenvalue weighted by Gasteiger charge is -2.08. The Morgan fingerprint density at radius 2 is 1.34 bits per heavy atom.